The lowest BCUT2D eigenvalue weighted by atomic mass is 10.9. The molecule has 0 heterocycles. The number of carbonyl (C=O) groups is 1. The molecule has 0 aromatic heterocycles. The zero-order valence-electron chi connectivity index (χ0n) is 5.96. The van der Waals surface area contributed by atoms with E-state index in [2.05, 4.69) is 20.0 Å². The summed E-state index contributed by atoms with van der Waals surface area (Å²) in [6, 6.07) is 0. The number of nitrogens with zero attached hydrogens (tertiary/aromatic N) is 1. The zero-order valence-corrected chi connectivity index (χ0v) is 5.96. The highest BCUT2D eigenvalue weighted by Crippen LogP contribution is 1.69. The molecule has 58 valence electrons. The van der Waals surface area contributed by atoms with Crippen LogP contribution in [0, 0.1) is 0 Å². The van der Waals surface area contributed by atoms with Crippen LogP contribution in [0.5, 0.6) is 0 Å². The van der Waals surface area contributed by atoms with Gasteiger partial charge in [0.25, 0.3) is 0 Å². The molecule has 0 spiro atoms. The van der Waals surface area contributed by atoms with Gasteiger partial charge in [-0.2, -0.15) is 0 Å². The van der Waals surface area contributed by atoms with Crippen molar-refractivity contribution in [3.63, 3.8) is 0 Å². The fourth-order valence-corrected chi connectivity index (χ4v) is 0.237. The van der Waals surface area contributed by atoms with E-state index in [4.69, 9.17) is 0 Å². The number of ether oxygens (including phenoxy) is 2. The van der Waals surface area contributed by atoms with Gasteiger partial charge >= 0.3 is 6.09 Å². The Balaban J connectivity index is 3.25. The summed E-state index contributed by atoms with van der Waals surface area (Å²) in [5, 5.41) is 3.36. The maximum Gasteiger partial charge on any atom is 0.427 e. The van der Waals surface area contributed by atoms with Crippen molar-refractivity contribution < 1.29 is 14.3 Å². The van der Waals surface area contributed by atoms with E-state index in [1.807, 2.05) is 6.92 Å². The minimum Gasteiger partial charge on any atom is -0.482 e. The number of amides is 1. The van der Waals surface area contributed by atoms with Gasteiger partial charge in [0.15, 0.2) is 6.40 Å². The summed E-state index contributed by atoms with van der Waals surface area (Å²) in [4.78, 5) is 10.3. The van der Waals surface area contributed by atoms with E-state index in [1.165, 1.54) is 7.11 Å². The van der Waals surface area contributed by atoms with E-state index in [0.717, 1.165) is 6.40 Å². The van der Waals surface area contributed by atoms with Gasteiger partial charge in [-0.05, 0) is 6.92 Å². The van der Waals surface area contributed by atoms with Crippen LogP contribution in [-0.2, 0) is 9.47 Å². The Labute approximate surface area is 59.0 Å². The Hall–Kier alpha value is -1.26. The van der Waals surface area contributed by atoms with Crippen molar-refractivity contribution in [2.24, 2.45) is 5.10 Å². The maximum absolute atomic E-state index is 10.3. The Morgan fingerprint density at radius 2 is 2.50 bits per heavy atom. The molecule has 0 aliphatic carbocycles. The molecular weight excluding hydrogens is 136 g/mol. The molecule has 0 aromatic carbocycles. The monoisotopic (exact) mass is 146 g/mol. The normalized spacial score (nSPS) is 9.40. The molecule has 0 aromatic rings. The first-order valence-corrected chi connectivity index (χ1v) is 2.78. The van der Waals surface area contributed by atoms with Crippen LogP contribution in [0.3, 0.4) is 0 Å². The van der Waals surface area contributed by atoms with Gasteiger partial charge in [-0.3, -0.25) is 0 Å². The number of rotatable bonds is 3. The van der Waals surface area contributed by atoms with Gasteiger partial charge in [0.2, 0.25) is 0 Å². The smallest absolute Gasteiger partial charge is 0.427 e. The third-order valence-electron chi connectivity index (χ3n) is 0.635. The topological polar surface area (TPSA) is 59.9 Å². The van der Waals surface area contributed by atoms with Gasteiger partial charge in [0.1, 0.15) is 0 Å². The van der Waals surface area contributed by atoms with Gasteiger partial charge < -0.3 is 9.47 Å². The molecule has 5 heteroatoms. The Kier molecular flexibility index (Phi) is 5.13. The van der Waals surface area contributed by atoms with E-state index < -0.39 is 6.09 Å². The molecule has 5 nitrogen and oxygen atoms in total. The molecule has 0 saturated carbocycles. The quantitative estimate of drug-likeness (QED) is 0.354. The number of hydrogen-bond donors (Lipinski definition) is 1. The highest BCUT2D eigenvalue weighted by atomic mass is 16.5. The Morgan fingerprint density at radius 3 is 3.00 bits per heavy atom. The first-order valence-electron chi connectivity index (χ1n) is 2.78. The largest absolute Gasteiger partial charge is 0.482 e. The lowest BCUT2D eigenvalue weighted by Gasteiger charge is -1.94. The highest BCUT2D eigenvalue weighted by molar-refractivity contribution is 5.67. The number of nitrogens with one attached hydrogen (secondary N) is 1. The van der Waals surface area contributed by atoms with Crippen LogP contribution in [0.15, 0.2) is 5.10 Å². The SMILES string of the molecule is CCO/C=N/NC(=O)OC. The molecule has 0 atom stereocenters. The van der Waals surface area contributed by atoms with Crippen molar-refractivity contribution >= 4 is 12.5 Å². The summed E-state index contributed by atoms with van der Waals surface area (Å²) >= 11 is 0. The predicted molar refractivity (Wildman–Crippen MR) is 35.7 cm³/mol. The summed E-state index contributed by atoms with van der Waals surface area (Å²) in [6.07, 6.45) is 0.521. The summed E-state index contributed by atoms with van der Waals surface area (Å²) in [6.45, 7) is 2.33. The van der Waals surface area contributed by atoms with Gasteiger partial charge in [-0.15, -0.1) is 5.10 Å². The Morgan fingerprint density at radius 1 is 1.80 bits per heavy atom. The third kappa shape index (κ3) is 4.89. The molecule has 1 N–H and O–H groups in total. The predicted octanol–water partition coefficient (Wildman–Crippen LogP) is 0.322. The maximum atomic E-state index is 10.3. The number of hydrazone groups is 1. The molecule has 0 aliphatic rings. The van der Waals surface area contributed by atoms with Crippen LogP contribution in [0.25, 0.3) is 0 Å². The average molecular weight is 146 g/mol. The van der Waals surface area contributed by atoms with Crippen molar-refractivity contribution in [2.75, 3.05) is 13.7 Å². The van der Waals surface area contributed by atoms with Gasteiger partial charge in [0, 0.05) is 0 Å². The van der Waals surface area contributed by atoms with E-state index in [1.54, 1.807) is 0 Å². The van der Waals surface area contributed by atoms with Crippen LogP contribution in [0.2, 0.25) is 0 Å². The van der Waals surface area contributed by atoms with Crippen LogP contribution < -0.4 is 5.43 Å². The summed E-state index contributed by atoms with van der Waals surface area (Å²) in [5.74, 6) is 0. The fraction of sp³-hybridized carbons (Fsp3) is 0.600. The van der Waals surface area contributed by atoms with Crippen LogP contribution in [0.4, 0.5) is 4.79 Å². The number of carbonyl (C=O) groups excluding carboxylic acids is 1. The molecule has 0 rings (SSSR count). The van der Waals surface area contributed by atoms with E-state index in [0.29, 0.717) is 6.61 Å². The standard InChI is InChI=1S/C5H10N2O3/c1-3-10-4-6-7-5(8)9-2/h4H,3H2,1-2H3,(H,7,8)/b6-4+. The first-order chi connectivity index (χ1) is 4.81. The number of hydrogen-bond acceptors (Lipinski definition) is 4. The van der Waals surface area contributed by atoms with Crippen LogP contribution >= 0.6 is 0 Å². The highest BCUT2D eigenvalue weighted by Gasteiger charge is 1.90. The summed E-state index contributed by atoms with van der Waals surface area (Å²) in [5.41, 5.74) is 2.05. The van der Waals surface area contributed by atoms with Crippen LogP contribution in [-0.4, -0.2) is 26.2 Å². The zero-order chi connectivity index (χ0) is 7.82. The fourth-order valence-electron chi connectivity index (χ4n) is 0.237. The second-order valence-electron chi connectivity index (χ2n) is 1.29. The molecule has 0 bridgehead atoms. The molecule has 1 amide bonds. The average Bonchev–Trinajstić information content (AvgIpc) is 1.98. The molecule has 0 radical (unpaired) electrons. The summed E-state index contributed by atoms with van der Waals surface area (Å²) in [7, 11) is 1.26. The second-order valence-corrected chi connectivity index (χ2v) is 1.29. The second kappa shape index (κ2) is 5.87. The Bertz CT molecular complexity index is 124. The first kappa shape index (κ1) is 8.74. The van der Waals surface area contributed by atoms with Crippen molar-refractivity contribution in [3.05, 3.63) is 0 Å². The molecule has 0 saturated heterocycles. The van der Waals surface area contributed by atoms with E-state index in [9.17, 15) is 4.79 Å². The van der Waals surface area contributed by atoms with Crippen molar-refractivity contribution in [3.8, 4) is 0 Å². The van der Waals surface area contributed by atoms with Gasteiger partial charge in [0.05, 0.1) is 13.7 Å². The van der Waals surface area contributed by atoms with Crippen molar-refractivity contribution in [1.82, 2.24) is 5.43 Å². The minimum absolute atomic E-state index is 0.520. The minimum atomic E-state index is -0.615. The number of methoxy groups -OCH3 is 1. The van der Waals surface area contributed by atoms with Gasteiger partial charge in [-0.25, -0.2) is 10.2 Å². The molecule has 0 aliphatic heterocycles. The lowest BCUT2D eigenvalue weighted by Crippen LogP contribution is -2.16. The van der Waals surface area contributed by atoms with E-state index in [-0.39, 0.29) is 0 Å². The molecular formula is C5H10N2O3. The van der Waals surface area contributed by atoms with E-state index >= 15 is 0 Å². The molecule has 0 unspecified atom stereocenters. The van der Waals surface area contributed by atoms with Crippen molar-refractivity contribution in [2.45, 2.75) is 6.92 Å². The summed E-state index contributed by atoms with van der Waals surface area (Å²) < 4.78 is 8.88. The van der Waals surface area contributed by atoms with Gasteiger partial charge in [-0.1, -0.05) is 0 Å². The van der Waals surface area contributed by atoms with Crippen molar-refractivity contribution in [1.29, 1.82) is 0 Å². The molecule has 10 heavy (non-hydrogen) atoms. The third-order valence-corrected chi connectivity index (χ3v) is 0.635. The molecule has 0 fully saturated rings. The lowest BCUT2D eigenvalue weighted by molar-refractivity contribution is 0.171. The van der Waals surface area contributed by atoms with Crippen LogP contribution in [0.1, 0.15) is 6.92 Å².